The summed E-state index contributed by atoms with van der Waals surface area (Å²) in [4.78, 5) is 59.0. The maximum Gasteiger partial charge on any atom is 0.407 e. The lowest BCUT2D eigenvalue weighted by atomic mass is 10.0. The third-order valence-electron chi connectivity index (χ3n) is 10.4. The van der Waals surface area contributed by atoms with E-state index in [-0.39, 0.29) is 23.9 Å². The summed E-state index contributed by atoms with van der Waals surface area (Å²) in [6, 6.07) is 15.9. The van der Waals surface area contributed by atoms with Gasteiger partial charge in [0.25, 0.3) is 0 Å². The molecule has 7 rings (SSSR count). The molecule has 3 aliphatic rings. The van der Waals surface area contributed by atoms with Crippen LogP contribution in [0.5, 0.6) is 0 Å². The number of ether oxygens (including phenoxy) is 2. The molecule has 272 valence electrons. The topological polar surface area (TPSA) is 146 Å². The van der Waals surface area contributed by atoms with Crippen LogP contribution in [0.1, 0.15) is 87.2 Å². The Bertz CT molecular complexity index is 1880. The van der Waals surface area contributed by atoms with E-state index >= 15 is 0 Å². The minimum atomic E-state index is -0.659. The van der Waals surface area contributed by atoms with Gasteiger partial charge in [-0.15, -0.1) is 6.58 Å². The lowest BCUT2D eigenvalue weighted by Crippen LogP contribution is -2.48. The van der Waals surface area contributed by atoms with Crippen LogP contribution in [0.15, 0.2) is 67.4 Å². The Labute approximate surface area is 304 Å². The molecule has 2 aromatic heterocycles. The number of fused-ring (bicyclic) bond motifs is 4. The minimum Gasteiger partial charge on any atom is -0.453 e. The van der Waals surface area contributed by atoms with Gasteiger partial charge in [0, 0.05) is 31.7 Å². The zero-order valence-electron chi connectivity index (χ0n) is 29.7. The van der Waals surface area contributed by atoms with Crippen molar-refractivity contribution in [3.8, 4) is 33.6 Å². The number of carbonyl (C=O) groups excluding carboxylic acids is 3. The lowest BCUT2D eigenvalue weighted by Gasteiger charge is -2.28. The Balaban J connectivity index is 1.07. The number of rotatable bonds is 8. The molecule has 3 atom stereocenters. The molecule has 4 aromatic rings. The Morgan fingerprint density at radius 2 is 1.63 bits per heavy atom. The van der Waals surface area contributed by atoms with E-state index in [1.165, 1.54) is 7.11 Å². The standard InChI is InChI=1S/C40H47N7O5/c1-3-4-12-35(48)46-21-7-10-33(46)37-41-24-31(42-37)28-17-13-26(14-18-28)27-15-19-29(20-16-27)36-32-25-52-23-6-5-9-30(44-40(50)51-2)39(49)47-22-8-11-34(47)38(43-32)45-36/h3,13-20,24,30,33-34H,1,4-12,21-23,25H2,2H3,(H,41,42)(H,43,45)(H,44,50)/t30-,33-,34-/m0/s1. The molecule has 0 spiro atoms. The predicted molar refractivity (Wildman–Crippen MR) is 197 cm³/mol. The fourth-order valence-electron chi connectivity index (χ4n) is 7.67. The van der Waals surface area contributed by atoms with Crippen LogP contribution < -0.4 is 5.32 Å². The van der Waals surface area contributed by atoms with Gasteiger partial charge in [-0.1, -0.05) is 54.6 Å². The third-order valence-corrected chi connectivity index (χ3v) is 10.4. The monoisotopic (exact) mass is 705 g/mol. The van der Waals surface area contributed by atoms with Crippen molar-refractivity contribution in [2.45, 2.75) is 82.5 Å². The van der Waals surface area contributed by atoms with Crippen LogP contribution in [0.25, 0.3) is 33.6 Å². The Morgan fingerprint density at radius 3 is 2.38 bits per heavy atom. The number of likely N-dealkylation sites (tertiary alicyclic amines) is 1. The summed E-state index contributed by atoms with van der Waals surface area (Å²) in [7, 11) is 1.31. The molecule has 3 amide bonds. The zero-order chi connectivity index (χ0) is 36.0. The highest BCUT2D eigenvalue weighted by Crippen LogP contribution is 2.36. The number of nitrogens with one attached hydrogen (secondary N) is 3. The molecule has 12 nitrogen and oxygen atoms in total. The van der Waals surface area contributed by atoms with E-state index in [4.69, 9.17) is 14.5 Å². The maximum atomic E-state index is 13.7. The van der Waals surface area contributed by atoms with E-state index in [9.17, 15) is 14.4 Å². The zero-order valence-corrected chi connectivity index (χ0v) is 29.7. The summed E-state index contributed by atoms with van der Waals surface area (Å²) in [6.45, 7) is 6.03. The smallest absolute Gasteiger partial charge is 0.407 e. The van der Waals surface area contributed by atoms with Crippen molar-refractivity contribution in [2.24, 2.45) is 0 Å². The highest BCUT2D eigenvalue weighted by atomic mass is 16.5. The number of imidazole rings is 2. The number of benzene rings is 2. The average molecular weight is 706 g/mol. The van der Waals surface area contributed by atoms with Gasteiger partial charge in [-0.25, -0.2) is 14.8 Å². The molecule has 3 aliphatic heterocycles. The fourth-order valence-corrected chi connectivity index (χ4v) is 7.67. The molecule has 2 aromatic carbocycles. The molecular formula is C40H47N7O5. The molecule has 2 bridgehead atoms. The van der Waals surface area contributed by atoms with E-state index in [1.54, 1.807) is 6.08 Å². The second kappa shape index (κ2) is 16.0. The van der Waals surface area contributed by atoms with Gasteiger partial charge in [-0.05, 0) is 68.1 Å². The number of aromatic nitrogens is 4. The van der Waals surface area contributed by atoms with Crippen molar-refractivity contribution in [3.63, 3.8) is 0 Å². The van der Waals surface area contributed by atoms with Crippen molar-refractivity contribution < 1.29 is 23.9 Å². The highest BCUT2D eigenvalue weighted by molar-refractivity contribution is 5.86. The van der Waals surface area contributed by atoms with Crippen LogP contribution in [0, 0.1) is 0 Å². The minimum absolute atomic E-state index is 0.0188. The first kappa shape index (κ1) is 35.2. The van der Waals surface area contributed by atoms with Gasteiger partial charge in [0.1, 0.15) is 17.7 Å². The largest absolute Gasteiger partial charge is 0.453 e. The van der Waals surface area contributed by atoms with Gasteiger partial charge in [0.2, 0.25) is 11.8 Å². The highest BCUT2D eigenvalue weighted by Gasteiger charge is 2.37. The van der Waals surface area contributed by atoms with E-state index in [0.717, 1.165) is 96.1 Å². The molecule has 52 heavy (non-hydrogen) atoms. The number of carbonyl (C=O) groups is 3. The van der Waals surface area contributed by atoms with Crippen LogP contribution >= 0.6 is 0 Å². The molecule has 0 saturated carbocycles. The quantitative estimate of drug-likeness (QED) is 0.170. The summed E-state index contributed by atoms with van der Waals surface area (Å²) in [5.41, 5.74) is 6.78. The number of nitrogens with zero attached hydrogens (tertiary/aromatic N) is 4. The van der Waals surface area contributed by atoms with Crippen LogP contribution in [-0.2, 0) is 25.7 Å². The van der Waals surface area contributed by atoms with Crippen LogP contribution in [-0.4, -0.2) is 80.5 Å². The van der Waals surface area contributed by atoms with Gasteiger partial charge >= 0.3 is 6.09 Å². The number of H-pyrrole nitrogens is 2. The third kappa shape index (κ3) is 7.52. The van der Waals surface area contributed by atoms with Gasteiger partial charge in [0.05, 0.1) is 49.1 Å². The first-order chi connectivity index (χ1) is 25.4. The molecule has 0 aliphatic carbocycles. The SMILES string of the molecule is C=CCCC(=O)N1CCC[C@H]1c1ncc(-c2ccc(-c3ccc(-c4nc5[nH]c4COCCCC[C@H](NC(=O)OC)C(=O)N4CCC[C@@H]54)cc3)cc2)[nH]1. The first-order valence-corrected chi connectivity index (χ1v) is 18.4. The average Bonchev–Trinajstić information content (AvgIpc) is 4.01. The molecule has 12 heteroatoms. The summed E-state index contributed by atoms with van der Waals surface area (Å²) < 4.78 is 10.9. The molecule has 0 unspecified atom stereocenters. The van der Waals surface area contributed by atoms with E-state index in [1.807, 2.05) is 16.0 Å². The normalized spacial score (nSPS) is 20.8. The molecule has 5 heterocycles. The number of methoxy groups -OCH3 is 1. The van der Waals surface area contributed by atoms with Crippen molar-refractivity contribution >= 4 is 17.9 Å². The fraction of sp³-hybridized carbons (Fsp3) is 0.425. The Kier molecular flexibility index (Phi) is 10.8. The Morgan fingerprint density at radius 1 is 0.923 bits per heavy atom. The molecule has 2 saturated heterocycles. The summed E-state index contributed by atoms with van der Waals surface area (Å²) in [5.74, 6) is 1.61. The number of aromatic amines is 2. The van der Waals surface area contributed by atoms with Crippen LogP contribution in [0.2, 0.25) is 0 Å². The van der Waals surface area contributed by atoms with Gasteiger partial charge in [0.15, 0.2) is 0 Å². The number of amides is 3. The number of hydrogen-bond donors (Lipinski definition) is 3. The van der Waals surface area contributed by atoms with E-state index in [0.29, 0.717) is 39.0 Å². The number of hydrogen-bond acceptors (Lipinski definition) is 7. The molecule has 2 fully saturated rings. The van der Waals surface area contributed by atoms with Gasteiger partial charge in [-0.2, -0.15) is 0 Å². The second-order valence-electron chi connectivity index (χ2n) is 13.8. The second-order valence-corrected chi connectivity index (χ2v) is 13.8. The van der Waals surface area contributed by atoms with Crippen molar-refractivity contribution in [3.05, 3.63) is 84.7 Å². The number of allylic oxidation sites excluding steroid dienone is 1. The van der Waals surface area contributed by atoms with Crippen molar-refractivity contribution in [1.82, 2.24) is 35.1 Å². The van der Waals surface area contributed by atoms with Crippen molar-refractivity contribution in [1.29, 1.82) is 0 Å². The molecule has 0 radical (unpaired) electrons. The van der Waals surface area contributed by atoms with Crippen LogP contribution in [0.4, 0.5) is 4.79 Å². The van der Waals surface area contributed by atoms with Gasteiger partial charge < -0.3 is 34.6 Å². The summed E-state index contributed by atoms with van der Waals surface area (Å²) >= 11 is 0. The summed E-state index contributed by atoms with van der Waals surface area (Å²) in [5, 5.41) is 2.75. The molecule has 3 N–H and O–H groups in total. The summed E-state index contributed by atoms with van der Waals surface area (Å²) in [6.07, 6.45) is 9.75. The van der Waals surface area contributed by atoms with E-state index < -0.39 is 12.1 Å². The van der Waals surface area contributed by atoms with Crippen LogP contribution in [0.3, 0.4) is 0 Å². The molecular weight excluding hydrogens is 658 g/mol. The number of alkyl carbamates (subject to hydrolysis) is 1. The predicted octanol–water partition coefficient (Wildman–Crippen LogP) is 6.85. The first-order valence-electron chi connectivity index (χ1n) is 18.4. The van der Waals surface area contributed by atoms with Crippen molar-refractivity contribution in [2.75, 3.05) is 26.8 Å². The van der Waals surface area contributed by atoms with Gasteiger partial charge in [-0.3, -0.25) is 9.59 Å². The Hall–Kier alpha value is -5.23. The maximum absolute atomic E-state index is 13.7. The van der Waals surface area contributed by atoms with E-state index in [2.05, 4.69) is 75.4 Å². The lowest BCUT2D eigenvalue weighted by molar-refractivity contribution is -0.134.